The number of hydrogen-bond acceptors (Lipinski definition) is 3. The molecule has 0 aliphatic carbocycles. The predicted molar refractivity (Wildman–Crippen MR) is 104 cm³/mol. The SMILES string of the molecule is CC[C@H](NC(=O)c1nn(-c2ccccc2)c(=O)c2ccccc12)C(C)C. The van der Waals surface area contributed by atoms with Crippen molar-refractivity contribution in [1.29, 1.82) is 0 Å². The van der Waals surface area contributed by atoms with Crippen LogP contribution in [0.1, 0.15) is 37.7 Å². The van der Waals surface area contributed by atoms with Gasteiger partial charge in [-0.2, -0.15) is 9.78 Å². The van der Waals surface area contributed by atoms with E-state index in [1.54, 1.807) is 30.3 Å². The summed E-state index contributed by atoms with van der Waals surface area (Å²) in [5.74, 6) is 0.0571. The van der Waals surface area contributed by atoms with Crippen LogP contribution >= 0.6 is 0 Å². The smallest absolute Gasteiger partial charge is 0.279 e. The van der Waals surface area contributed by atoms with Crippen LogP contribution in [0.2, 0.25) is 0 Å². The molecule has 0 spiro atoms. The van der Waals surface area contributed by atoms with Gasteiger partial charge in [-0.3, -0.25) is 9.59 Å². The molecule has 1 aromatic heterocycles. The number of benzene rings is 2. The van der Waals surface area contributed by atoms with Crippen LogP contribution in [0.4, 0.5) is 0 Å². The second-order valence-electron chi connectivity index (χ2n) is 6.68. The molecular weight excluding hydrogens is 326 g/mol. The normalized spacial score (nSPS) is 12.3. The number of rotatable bonds is 5. The largest absolute Gasteiger partial charge is 0.348 e. The third kappa shape index (κ3) is 3.38. The molecule has 3 aromatic rings. The summed E-state index contributed by atoms with van der Waals surface area (Å²) in [6.07, 6.45) is 0.833. The lowest BCUT2D eigenvalue weighted by Gasteiger charge is -2.21. The fourth-order valence-corrected chi connectivity index (χ4v) is 3.08. The van der Waals surface area contributed by atoms with Crippen LogP contribution in [0.5, 0.6) is 0 Å². The van der Waals surface area contributed by atoms with Gasteiger partial charge >= 0.3 is 0 Å². The fourth-order valence-electron chi connectivity index (χ4n) is 3.08. The Labute approximate surface area is 152 Å². The summed E-state index contributed by atoms with van der Waals surface area (Å²) in [4.78, 5) is 25.8. The highest BCUT2D eigenvalue weighted by Crippen LogP contribution is 2.16. The van der Waals surface area contributed by atoms with Gasteiger partial charge in [-0.1, -0.05) is 57.2 Å². The summed E-state index contributed by atoms with van der Waals surface area (Å²) in [7, 11) is 0. The first-order chi connectivity index (χ1) is 12.5. The summed E-state index contributed by atoms with van der Waals surface area (Å²) in [6.45, 7) is 6.19. The zero-order valence-electron chi connectivity index (χ0n) is 15.3. The molecule has 5 nitrogen and oxygen atoms in total. The van der Waals surface area contributed by atoms with Crippen LogP contribution in [-0.4, -0.2) is 21.7 Å². The molecule has 0 saturated heterocycles. The second-order valence-corrected chi connectivity index (χ2v) is 6.68. The molecule has 1 atom stereocenters. The maximum Gasteiger partial charge on any atom is 0.279 e. The highest BCUT2D eigenvalue weighted by Gasteiger charge is 2.21. The summed E-state index contributed by atoms with van der Waals surface area (Å²) >= 11 is 0. The monoisotopic (exact) mass is 349 g/mol. The average Bonchev–Trinajstić information content (AvgIpc) is 2.67. The lowest BCUT2D eigenvalue weighted by molar-refractivity contribution is 0.0919. The van der Waals surface area contributed by atoms with E-state index in [0.717, 1.165) is 6.42 Å². The Morgan fingerprint density at radius 1 is 1.04 bits per heavy atom. The van der Waals surface area contributed by atoms with Crippen LogP contribution < -0.4 is 10.9 Å². The summed E-state index contributed by atoms with van der Waals surface area (Å²) in [5.41, 5.74) is 0.663. The van der Waals surface area contributed by atoms with Gasteiger partial charge in [0.2, 0.25) is 0 Å². The zero-order chi connectivity index (χ0) is 18.7. The third-order valence-electron chi connectivity index (χ3n) is 4.58. The van der Waals surface area contributed by atoms with E-state index in [1.807, 2.05) is 31.2 Å². The Bertz CT molecular complexity index is 977. The van der Waals surface area contributed by atoms with Crippen molar-refractivity contribution in [1.82, 2.24) is 15.1 Å². The Morgan fingerprint density at radius 3 is 2.27 bits per heavy atom. The first-order valence-electron chi connectivity index (χ1n) is 8.91. The fraction of sp³-hybridized carbons (Fsp3) is 0.286. The number of carbonyl (C=O) groups excluding carboxylic acids is 1. The lowest BCUT2D eigenvalue weighted by atomic mass is 10.0. The highest BCUT2D eigenvalue weighted by molar-refractivity contribution is 6.05. The van der Waals surface area contributed by atoms with Gasteiger partial charge in [-0.25, -0.2) is 0 Å². The van der Waals surface area contributed by atoms with Crippen LogP contribution in [0.15, 0.2) is 59.4 Å². The number of fused-ring (bicyclic) bond motifs is 1. The van der Waals surface area contributed by atoms with Gasteiger partial charge < -0.3 is 5.32 Å². The Morgan fingerprint density at radius 2 is 1.65 bits per heavy atom. The molecule has 0 aliphatic rings. The van der Waals surface area contributed by atoms with Gasteiger partial charge in [-0.15, -0.1) is 0 Å². The van der Waals surface area contributed by atoms with E-state index >= 15 is 0 Å². The molecule has 0 aliphatic heterocycles. The average molecular weight is 349 g/mol. The van der Waals surface area contributed by atoms with Crippen LogP contribution in [0.3, 0.4) is 0 Å². The van der Waals surface area contributed by atoms with Crippen LogP contribution in [0, 0.1) is 5.92 Å². The van der Waals surface area contributed by atoms with E-state index in [2.05, 4.69) is 24.3 Å². The Hall–Kier alpha value is -2.95. The highest BCUT2D eigenvalue weighted by atomic mass is 16.2. The molecule has 0 radical (unpaired) electrons. The van der Waals surface area contributed by atoms with Gasteiger partial charge in [0.05, 0.1) is 11.1 Å². The number of carbonyl (C=O) groups is 1. The number of amides is 1. The molecule has 2 aromatic carbocycles. The quantitative estimate of drug-likeness (QED) is 0.766. The number of nitrogens with one attached hydrogen (secondary N) is 1. The summed E-state index contributed by atoms with van der Waals surface area (Å²) < 4.78 is 1.30. The van der Waals surface area contributed by atoms with E-state index in [0.29, 0.717) is 22.4 Å². The topological polar surface area (TPSA) is 64.0 Å². The molecule has 0 saturated carbocycles. The zero-order valence-corrected chi connectivity index (χ0v) is 15.3. The summed E-state index contributed by atoms with van der Waals surface area (Å²) in [6, 6.07) is 16.3. The van der Waals surface area contributed by atoms with Crippen molar-refractivity contribution >= 4 is 16.7 Å². The van der Waals surface area contributed by atoms with Crippen molar-refractivity contribution in [3.8, 4) is 5.69 Å². The first-order valence-corrected chi connectivity index (χ1v) is 8.91. The van der Waals surface area contributed by atoms with Gasteiger partial charge in [0, 0.05) is 11.4 Å². The molecule has 0 bridgehead atoms. The lowest BCUT2D eigenvalue weighted by Crippen LogP contribution is -2.39. The standard InChI is InChI=1S/C21H23N3O2/c1-4-18(14(2)3)22-20(25)19-16-12-8-9-13-17(16)21(26)24(23-19)15-10-6-5-7-11-15/h5-14,18H,4H2,1-3H3,(H,22,25)/t18-/m0/s1. The van der Waals surface area contributed by atoms with Crippen molar-refractivity contribution in [2.45, 2.75) is 33.2 Å². The minimum absolute atomic E-state index is 0.0557. The summed E-state index contributed by atoms with van der Waals surface area (Å²) in [5, 5.41) is 8.52. The maximum absolute atomic E-state index is 12.9. The minimum Gasteiger partial charge on any atom is -0.348 e. The van der Waals surface area contributed by atoms with E-state index in [1.165, 1.54) is 4.68 Å². The van der Waals surface area contributed by atoms with Crippen molar-refractivity contribution in [3.05, 3.63) is 70.6 Å². The van der Waals surface area contributed by atoms with Crippen molar-refractivity contribution < 1.29 is 4.79 Å². The van der Waals surface area contributed by atoms with E-state index in [-0.39, 0.29) is 23.2 Å². The minimum atomic E-state index is -0.258. The van der Waals surface area contributed by atoms with Crippen molar-refractivity contribution in [3.63, 3.8) is 0 Å². The molecule has 0 unspecified atom stereocenters. The molecule has 1 amide bonds. The molecular formula is C21H23N3O2. The Kier molecular flexibility index (Phi) is 5.16. The number of nitrogens with zero attached hydrogens (tertiary/aromatic N) is 2. The van der Waals surface area contributed by atoms with Crippen LogP contribution in [0.25, 0.3) is 16.5 Å². The number of para-hydroxylation sites is 1. The molecule has 0 fully saturated rings. The van der Waals surface area contributed by atoms with Gasteiger partial charge in [-0.05, 0) is 30.5 Å². The maximum atomic E-state index is 12.9. The van der Waals surface area contributed by atoms with Gasteiger partial charge in [0.1, 0.15) is 0 Å². The van der Waals surface area contributed by atoms with E-state index in [9.17, 15) is 9.59 Å². The number of aromatic nitrogens is 2. The van der Waals surface area contributed by atoms with Crippen molar-refractivity contribution in [2.24, 2.45) is 5.92 Å². The Balaban J connectivity index is 2.17. The molecule has 1 heterocycles. The first kappa shape index (κ1) is 17.9. The van der Waals surface area contributed by atoms with Gasteiger partial charge in [0.25, 0.3) is 11.5 Å². The number of hydrogen-bond donors (Lipinski definition) is 1. The van der Waals surface area contributed by atoms with Crippen molar-refractivity contribution in [2.75, 3.05) is 0 Å². The van der Waals surface area contributed by atoms with Crippen LogP contribution in [-0.2, 0) is 0 Å². The second kappa shape index (κ2) is 7.52. The third-order valence-corrected chi connectivity index (χ3v) is 4.58. The molecule has 26 heavy (non-hydrogen) atoms. The van der Waals surface area contributed by atoms with Gasteiger partial charge in [0.15, 0.2) is 5.69 Å². The van der Waals surface area contributed by atoms with E-state index in [4.69, 9.17) is 0 Å². The molecule has 134 valence electrons. The molecule has 1 N–H and O–H groups in total. The molecule has 3 rings (SSSR count). The van der Waals surface area contributed by atoms with E-state index < -0.39 is 0 Å². The predicted octanol–water partition coefficient (Wildman–Crippen LogP) is 3.55. The molecule has 5 heteroatoms.